The lowest BCUT2D eigenvalue weighted by Gasteiger charge is -2.05. The number of thiophene rings is 1. The zero-order chi connectivity index (χ0) is 22.2. The molecule has 2 heterocycles. The largest absolute Gasteiger partial charge is 0.748 e. The smallest absolute Gasteiger partial charge is 0.262 e. The molecule has 4 rings (SSSR count). The Morgan fingerprint density at radius 1 is 1.19 bits per heavy atom. The highest BCUT2D eigenvalue weighted by Gasteiger charge is 2.24. The summed E-state index contributed by atoms with van der Waals surface area (Å²) in [6.07, 6.45) is 3.08. The number of methoxy groups -OCH3 is 1. The highest BCUT2D eigenvalue weighted by Crippen LogP contribution is 2.38. The molecule has 0 amide bonds. The molecule has 2 aromatic heterocycles. The molecule has 0 N–H and O–H groups in total. The van der Waals surface area contributed by atoms with Crippen molar-refractivity contribution in [2.24, 2.45) is 0 Å². The molecule has 0 radical (unpaired) electrons. The maximum atomic E-state index is 14.0. The summed E-state index contributed by atoms with van der Waals surface area (Å²) in [5, 5.41) is 3.52. The molecule has 10 heteroatoms. The van der Waals surface area contributed by atoms with Gasteiger partial charge in [0.1, 0.15) is 26.8 Å². The molecule has 0 atom stereocenters. The van der Waals surface area contributed by atoms with Crippen LogP contribution in [-0.2, 0) is 16.7 Å². The summed E-state index contributed by atoms with van der Waals surface area (Å²) in [4.78, 5) is 0. The first kappa shape index (κ1) is 21.8. The lowest BCUT2D eigenvalue weighted by atomic mass is 10.2. The van der Waals surface area contributed by atoms with Crippen LogP contribution in [0.25, 0.3) is 32.5 Å². The number of aryl methyl sites for hydroxylation is 1. The highest BCUT2D eigenvalue weighted by molar-refractivity contribution is 7.85. The topological polar surface area (TPSA) is 70.3 Å². The van der Waals surface area contributed by atoms with Gasteiger partial charge >= 0.3 is 0 Å². The van der Waals surface area contributed by atoms with Crippen LogP contribution in [0.1, 0.15) is 17.0 Å². The van der Waals surface area contributed by atoms with Gasteiger partial charge in [-0.15, -0.1) is 11.3 Å². The number of benzene rings is 2. The van der Waals surface area contributed by atoms with Gasteiger partial charge in [0.15, 0.2) is 6.54 Å². The number of hydrogen-bond acceptors (Lipinski definition) is 6. The SMILES string of the molecule is COc1cc2sc(/C=C/c3c(F)cccc3F)[n+](CCCS(=O)(=O)[O-])c2c2sccc12. The van der Waals surface area contributed by atoms with Gasteiger partial charge in [-0.3, -0.25) is 0 Å². The van der Waals surface area contributed by atoms with Crippen LogP contribution in [-0.4, -0.2) is 25.8 Å². The molecule has 0 bridgehead atoms. The maximum absolute atomic E-state index is 14.0. The Hall–Kier alpha value is -2.40. The molecule has 5 nitrogen and oxygen atoms in total. The van der Waals surface area contributed by atoms with Crippen molar-refractivity contribution < 1.29 is 31.1 Å². The van der Waals surface area contributed by atoms with Crippen molar-refractivity contribution in [3.8, 4) is 5.75 Å². The number of thiazole rings is 1. The van der Waals surface area contributed by atoms with Crippen molar-refractivity contribution in [2.45, 2.75) is 13.0 Å². The quantitative estimate of drug-likeness (QED) is 0.281. The number of aromatic nitrogens is 1. The lowest BCUT2D eigenvalue weighted by molar-refractivity contribution is -0.667. The second-order valence-corrected chi connectivity index (χ2v) is 10.3. The van der Waals surface area contributed by atoms with Crippen molar-refractivity contribution in [3.05, 3.63) is 57.9 Å². The number of ether oxygens (including phenoxy) is 1. The summed E-state index contributed by atoms with van der Waals surface area (Å²) < 4.78 is 70.5. The van der Waals surface area contributed by atoms with E-state index in [1.165, 1.54) is 46.9 Å². The number of hydrogen-bond donors (Lipinski definition) is 0. The summed E-state index contributed by atoms with van der Waals surface area (Å²) in [5.41, 5.74) is 0.709. The molecule has 0 fully saturated rings. The van der Waals surface area contributed by atoms with Crippen molar-refractivity contribution in [2.75, 3.05) is 12.9 Å². The average molecular weight is 482 g/mol. The van der Waals surface area contributed by atoms with E-state index in [1.807, 2.05) is 22.1 Å². The van der Waals surface area contributed by atoms with Gasteiger partial charge in [0.2, 0.25) is 5.52 Å². The molecule has 2 aromatic carbocycles. The molecule has 4 aromatic rings. The van der Waals surface area contributed by atoms with Crippen molar-refractivity contribution in [1.29, 1.82) is 0 Å². The van der Waals surface area contributed by atoms with Crippen molar-refractivity contribution >= 4 is 65.2 Å². The summed E-state index contributed by atoms with van der Waals surface area (Å²) in [7, 11) is -2.76. The minimum atomic E-state index is -4.35. The number of rotatable bonds is 7. The van der Waals surface area contributed by atoms with Gasteiger partial charge in [0, 0.05) is 35.3 Å². The number of nitrogens with zero attached hydrogens (tertiary/aromatic N) is 1. The van der Waals surface area contributed by atoms with Crippen molar-refractivity contribution in [1.82, 2.24) is 0 Å². The monoisotopic (exact) mass is 481 g/mol. The fourth-order valence-corrected chi connectivity index (χ4v) is 6.06. The Balaban J connectivity index is 1.87. The van der Waals surface area contributed by atoms with E-state index in [0.717, 1.165) is 20.3 Å². The molecule has 31 heavy (non-hydrogen) atoms. The molecular weight excluding hydrogens is 464 g/mol. The first-order chi connectivity index (χ1) is 14.8. The van der Waals surface area contributed by atoms with E-state index in [0.29, 0.717) is 10.8 Å². The van der Waals surface area contributed by atoms with Gasteiger partial charge in [-0.25, -0.2) is 17.2 Å². The van der Waals surface area contributed by atoms with E-state index in [4.69, 9.17) is 4.74 Å². The van der Waals surface area contributed by atoms with E-state index in [2.05, 4.69) is 0 Å². The Kier molecular flexibility index (Phi) is 6.07. The van der Waals surface area contributed by atoms with E-state index in [9.17, 15) is 21.8 Å². The average Bonchev–Trinajstić information content (AvgIpc) is 3.31. The Bertz CT molecular complexity index is 1390. The van der Waals surface area contributed by atoms with E-state index >= 15 is 0 Å². The predicted molar refractivity (Wildman–Crippen MR) is 118 cm³/mol. The second kappa shape index (κ2) is 8.62. The third kappa shape index (κ3) is 4.47. The fourth-order valence-electron chi connectivity index (χ4n) is 3.41. The normalized spacial score (nSPS) is 12.4. The van der Waals surface area contributed by atoms with Crippen LogP contribution in [0.15, 0.2) is 35.7 Å². The Morgan fingerprint density at radius 2 is 1.94 bits per heavy atom. The lowest BCUT2D eigenvalue weighted by Crippen LogP contribution is -2.36. The standard InChI is InChI=1S/C21H17F2NO4S3/c1-28-17-12-18-20(21-14(17)8-10-29-21)24(9-3-11-31(25,26)27)19(30-18)7-6-13-15(22)4-2-5-16(13)23/h2,4-8,10,12H,3,9,11H2,1H3/b7-6+. The van der Waals surface area contributed by atoms with Gasteiger partial charge in [-0.2, -0.15) is 4.57 Å². The third-order valence-electron chi connectivity index (χ3n) is 4.78. The summed E-state index contributed by atoms with van der Waals surface area (Å²) in [6, 6.07) is 7.48. The van der Waals surface area contributed by atoms with Gasteiger partial charge in [0.25, 0.3) is 5.01 Å². The van der Waals surface area contributed by atoms with Gasteiger partial charge < -0.3 is 9.29 Å². The summed E-state index contributed by atoms with van der Waals surface area (Å²) in [6.45, 7) is 0.264. The first-order valence-electron chi connectivity index (χ1n) is 9.24. The molecule has 0 unspecified atom stereocenters. The third-order valence-corrected chi connectivity index (χ3v) is 7.59. The second-order valence-electron chi connectivity index (χ2n) is 6.76. The molecular formula is C21H17F2NO4S3. The van der Waals surface area contributed by atoms with Gasteiger partial charge in [0.05, 0.1) is 17.2 Å². The number of halogens is 2. The van der Waals surface area contributed by atoms with Gasteiger partial charge in [-0.05, 0) is 29.7 Å². The van der Waals surface area contributed by atoms with E-state index in [-0.39, 0.29) is 18.5 Å². The molecule has 162 valence electrons. The molecule has 0 aliphatic heterocycles. The molecule has 0 saturated heterocycles. The Labute approximate surface area is 185 Å². The van der Waals surface area contributed by atoms with E-state index < -0.39 is 27.5 Å². The molecule has 0 aliphatic rings. The van der Waals surface area contributed by atoms with E-state index in [1.54, 1.807) is 13.2 Å². The molecule has 0 saturated carbocycles. The van der Waals surface area contributed by atoms with Crippen molar-refractivity contribution in [3.63, 3.8) is 0 Å². The zero-order valence-corrected chi connectivity index (χ0v) is 18.8. The fraction of sp³-hybridized carbons (Fsp3) is 0.190. The van der Waals surface area contributed by atoms with Crippen LogP contribution in [0.3, 0.4) is 0 Å². The maximum Gasteiger partial charge on any atom is 0.262 e. The van der Waals surface area contributed by atoms with Crippen LogP contribution < -0.4 is 9.30 Å². The number of fused-ring (bicyclic) bond motifs is 3. The van der Waals surface area contributed by atoms with Crippen LogP contribution in [0, 0.1) is 11.6 Å². The highest BCUT2D eigenvalue weighted by atomic mass is 32.2. The minimum Gasteiger partial charge on any atom is -0.748 e. The van der Waals surface area contributed by atoms with Crippen LogP contribution in [0.5, 0.6) is 5.75 Å². The summed E-state index contributed by atoms with van der Waals surface area (Å²) >= 11 is 2.90. The molecule has 0 spiro atoms. The first-order valence-corrected chi connectivity index (χ1v) is 12.5. The summed E-state index contributed by atoms with van der Waals surface area (Å²) in [5.74, 6) is -1.14. The molecule has 0 aliphatic carbocycles. The zero-order valence-electron chi connectivity index (χ0n) is 16.3. The van der Waals surface area contributed by atoms with Crippen LogP contribution >= 0.6 is 22.7 Å². The van der Waals surface area contributed by atoms with Crippen LogP contribution in [0.2, 0.25) is 0 Å². The Morgan fingerprint density at radius 3 is 2.61 bits per heavy atom. The van der Waals surface area contributed by atoms with Gasteiger partial charge in [-0.1, -0.05) is 17.4 Å². The van der Waals surface area contributed by atoms with Crippen LogP contribution in [0.4, 0.5) is 8.78 Å². The minimum absolute atomic E-state index is 0.121. The predicted octanol–water partition coefficient (Wildman–Crippen LogP) is 4.80.